The number of ether oxygens (including phenoxy) is 2. The standard InChI is InChI=1S/C25H17ClF3N3O5S/c1-2-36-21-11-14(12-22-23(33)31-24(38-22)30-17-7-5-16(26)6-8-17)3-9-20(21)37-19-10-4-15(25(27,28)29)13-18(19)32(34)35/h3-13H,2H2,1H3,(H,30,31,33)/b22-12-. The van der Waals surface area contributed by atoms with E-state index in [9.17, 15) is 28.1 Å². The molecule has 0 aromatic heterocycles. The molecule has 0 spiro atoms. The van der Waals surface area contributed by atoms with Crippen molar-refractivity contribution in [1.29, 1.82) is 0 Å². The highest BCUT2D eigenvalue weighted by atomic mass is 35.5. The molecule has 1 amide bonds. The van der Waals surface area contributed by atoms with Gasteiger partial charge in [-0.2, -0.15) is 13.2 Å². The van der Waals surface area contributed by atoms with Crippen LogP contribution in [0.4, 0.5) is 24.5 Å². The quantitative estimate of drug-likeness (QED) is 0.183. The van der Waals surface area contributed by atoms with Crippen molar-refractivity contribution in [3.63, 3.8) is 0 Å². The molecule has 0 radical (unpaired) electrons. The van der Waals surface area contributed by atoms with Gasteiger partial charge in [-0.05, 0) is 78.9 Å². The number of alkyl halides is 3. The second-order valence-corrected chi connectivity index (χ2v) is 9.10. The third kappa shape index (κ3) is 6.45. The first-order valence-corrected chi connectivity index (χ1v) is 12.1. The Kier molecular flexibility index (Phi) is 7.93. The molecule has 1 saturated heterocycles. The number of nitrogens with one attached hydrogen (secondary N) is 1. The topological polar surface area (TPSA) is 103 Å². The van der Waals surface area contributed by atoms with Gasteiger partial charge in [0.1, 0.15) is 0 Å². The Bertz CT molecular complexity index is 1460. The summed E-state index contributed by atoms with van der Waals surface area (Å²) in [5, 5.41) is 15.0. The van der Waals surface area contributed by atoms with Gasteiger partial charge in [0, 0.05) is 11.1 Å². The lowest BCUT2D eigenvalue weighted by Crippen LogP contribution is -2.19. The van der Waals surface area contributed by atoms with Crippen molar-refractivity contribution in [1.82, 2.24) is 5.32 Å². The maximum atomic E-state index is 13.0. The maximum absolute atomic E-state index is 13.0. The Balaban J connectivity index is 1.60. The summed E-state index contributed by atoms with van der Waals surface area (Å²) in [5.74, 6) is -0.523. The number of amides is 1. The zero-order valence-corrected chi connectivity index (χ0v) is 21.0. The molecule has 1 aliphatic rings. The van der Waals surface area contributed by atoms with Crippen LogP contribution < -0.4 is 14.8 Å². The van der Waals surface area contributed by atoms with Crippen LogP contribution in [0.3, 0.4) is 0 Å². The van der Waals surface area contributed by atoms with Gasteiger partial charge in [-0.3, -0.25) is 14.9 Å². The Hall–Kier alpha value is -4.03. The molecule has 3 aromatic carbocycles. The van der Waals surface area contributed by atoms with E-state index in [1.165, 1.54) is 6.07 Å². The number of nitro benzene ring substituents is 1. The molecule has 38 heavy (non-hydrogen) atoms. The molecule has 0 unspecified atom stereocenters. The minimum absolute atomic E-state index is 0.0466. The third-order valence-corrected chi connectivity index (χ3v) is 6.14. The van der Waals surface area contributed by atoms with Crippen molar-refractivity contribution in [2.24, 2.45) is 4.99 Å². The molecule has 1 fully saturated rings. The summed E-state index contributed by atoms with van der Waals surface area (Å²) in [6.45, 7) is 1.91. The van der Waals surface area contributed by atoms with E-state index in [-0.39, 0.29) is 29.8 Å². The van der Waals surface area contributed by atoms with Crippen molar-refractivity contribution in [2.45, 2.75) is 13.1 Å². The Morgan fingerprint density at radius 2 is 1.79 bits per heavy atom. The van der Waals surface area contributed by atoms with E-state index < -0.39 is 22.4 Å². The summed E-state index contributed by atoms with van der Waals surface area (Å²) in [6.07, 6.45) is -3.16. The molecule has 4 rings (SSSR count). The van der Waals surface area contributed by atoms with Crippen molar-refractivity contribution >= 4 is 51.9 Å². The molecule has 8 nitrogen and oxygen atoms in total. The van der Waals surface area contributed by atoms with Crippen molar-refractivity contribution in [3.05, 3.63) is 91.8 Å². The number of benzene rings is 3. The minimum atomic E-state index is -4.75. The zero-order chi connectivity index (χ0) is 27.4. The normalized spacial score (nSPS) is 15.6. The summed E-state index contributed by atoms with van der Waals surface area (Å²) < 4.78 is 50.2. The highest BCUT2D eigenvalue weighted by molar-refractivity contribution is 8.18. The molecule has 0 bridgehead atoms. The maximum Gasteiger partial charge on any atom is 0.416 e. The Morgan fingerprint density at radius 3 is 2.45 bits per heavy atom. The van der Waals surface area contributed by atoms with E-state index in [1.807, 2.05) is 0 Å². The van der Waals surface area contributed by atoms with E-state index in [2.05, 4.69) is 10.3 Å². The van der Waals surface area contributed by atoms with E-state index in [0.29, 0.717) is 38.5 Å². The second kappa shape index (κ2) is 11.2. The summed E-state index contributed by atoms with van der Waals surface area (Å²) in [4.78, 5) is 27.6. The Labute approximate surface area is 223 Å². The fourth-order valence-electron chi connectivity index (χ4n) is 3.27. The minimum Gasteiger partial charge on any atom is -0.490 e. The molecular formula is C25H17ClF3N3O5S. The van der Waals surface area contributed by atoms with Crippen LogP contribution in [0, 0.1) is 10.1 Å². The van der Waals surface area contributed by atoms with Crippen molar-refractivity contribution < 1.29 is 32.4 Å². The molecule has 0 atom stereocenters. The van der Waals surface area contributed by atoms with E-state index in [0.717, 1.165) is 17.8 Å². The molecule has 1 heterocycles. The number of aliphatic imine (C=N–C) groups is 1. The number of halogens is 4. The molecule has 13 heteroatoms. The number of nitro groups is 1. The van der Waals surface area contributed by atoms with Crippen LogP contribution in [0.25, 0.3) is 6.08 Å². The number of amidine groups is 1. The van der Waals surface area contributed by atoms with Gasteiger partial charge in [0.05, 0.1) is 27.7 Å². The number of carbonyl (C=O) groups excluding carboxylic acids is 1. The van der Waals surface area contributed by atoms with Crippen LogP contribution in [-0.2, 0) is 11.0 Å². The predicted octanol–water partition coefficient (Wildman–Crippen LogP) is 7.35. The molecule has 1 N–H and O–H groups in total. The van der Waals surface area contributed by atoms with Gasteiger partial charge in [0.15, 0.2) is 16.7 Å². The van der Waals surface area contributed by atoms with Crippen LogP contribution in [0.1, 0.15) is 18.1 Å². The van der Waals surface area contributed by atoms with Gasteiger partial charge in [0.2, 0.25) is 5.75 Å². The van der Waals surface area contributed by atoms with E-state index in [1.54, 1.807) is 49.4 Å². The summed E-state index contributed by atoms with van der Waals surface area (Å²) in [6, 6.07) is 13.3. The Morgan fingerprint density at radius 1 is 1.08 bits per heavy atom. The largest absolute Gasteiger partial charge is 0.490 e. The lowest BCUT2D eigenvalue weighted by molar-refractivity contribution is -0.385. The SMILES string of the molecule is CCOc1cc(/C=C2\SC(=Nc3ccc(Cl)cc3)NC2=O)ccc1Oc1ccc(C(F)(F)F)cc1[N+](=O)[O-]. The molecule has 0 saturated carbocycles. The molecule has 0 aliphatic carbocycles. The molecule has 1 aliphatic heterocycles. The summed E-state index contributed by atoms with van der Waals surface area (Å²) >= 11 is 7.00. The molecule has 3 aromatic rings. The van der Waals surface area contributed by atoms with Crippen molar-refractivity contribution in [3.8, 4) is 17.2 Å². The zero-order valence-electron chi connectivity index (χ0n) is 19.4. The number of carbonyl (C=O) groups is 1. The van der Waals surface area contributed by atoms with Gasteiger partial charge >= 0.3 is 11.9 Å². The van der Waals surface area contributed by atoms with Crippen LogP contribution in [0.5, 0.6) is 17.2 Å². The number of thioether (sulfide) groups is 1. The van der Waals surface area contributed by atoms with Gasteiger partial charge < -0.3 is 14.8 Å². The van der Waals surface area contributed by atoms with Crippen LogP contribution >= 0.6 is 23.4 Å². The highest BCUT2D eigenvalue weighted by Crippen LogP contribution is 2.41. The predicted molar refractivity (Wildman–Crippen MR) is 138 cm³/mol. The summed E-state index contributed by atoms with van der Waals surface area (Å²) in [7, 11) is 0. The molecular weight excluding hydrogens is 547 g/mol. The van der Waals surface area contributed by atoms with E-state index in [4.69, 9.17) is 21.1 Å². The lowest BCUT2D eigenvalue weighted by atomic mass is 10.1. The average molecular weight is 564 g/mol. The van der Waals surface area contributed by atoms with Crippen LogP contribution in [0.15, 0.2) is 70.6 Å². The van der Waals surface area contributed by atoms with Gasteiger partial charge in [-0.25, -0.2) is 4.99 Å². The average Bonchev–Trinajstić information content (AvgIpc) is 3.20. The smallest absolute Gasteiger partial charge is 0.416 e. The van der Waals surface area contributed by atoms with Gasteiger partial charge in [0.25, 0.3) is 5.91 Å². The monoisotopic (exact) mass is 563 g/mol. The first kappa shape index (κ1) is 27.0. The fourth-order valence-corrected chi connectivity index (χ4v) is 4.24. The highest BCUT2D eigenvalue weighted by Gasteiger charge is 2.33. The first-order valence-electron chi connectivity index (χ1n) is 10.9. The fraction of sp³-hybridized carbons (Fsp3) is 0.120. The molecule has 196 valence electrons. The second-order valence-electron chi connectivity index (χ2n) is 7.64. The van der Waals surface area contributed by atoms with Gasteiger partial charge in [-0.1, -0.05) is 17.7 Å². The van der Waals surface area contributed by atoms with Crippen LogP contribution in [-0.4, -0.2) is 22.6 Å². The lowest BCUT2D eigenvalue weighted by Gasteiger charge is -2.13. The van der Waals surface area contributed by atoms with E-state index >= 15 is 0 Å². The first-order chi connectivity index (χ1) is 18.0. The number of hydrogen-bond acceptors (Lipinski definition) is 7. The third-order valence-electron chi connectivity index (χ3n) is 4.98. The van der Waals surface area contributed by atoms with Gasteiger partial charge in [-0.15, -0.1) is 0 Å². The number of hydrogen-bond donors (Lipinski definition) is 1. The summed E-state index contributed by atoms with van der Waals surface area (Å²) in [5.41, 5.74) is -0.862. The van der Waals surface area contributed by atoms with Crippen molar-refractivity contribution in [2.75, 3.05) is 6.61 Å². The number of rotatable bonds is 7. The van der Waals surface area contributed by atoms with Crippen LogP contribution in [0.2, 0.25) is 5.02 Å². The number of nitrogens with zero attached hydrogens (tertiary/aromatic N) is 2.